The number of hydrogen-bond donors (Lipinski definition) is 0. The second-order valence-electron chi connectivity index (χ2n) is 5.95. The predicted octanol–water partition coefficient (Wildman–Crippen LogP) is 4.07. The van der Waals surface area contributed by atoms with E-state index in [2.05, 4.69) is 21.6 Å². The maximum Gasteiger partial charge on any atom is 0.229 e. The average molecular weight is 359 g/mol. The van der Waals surface area contributed by atoms with Crippen LogP contribution >= 0.6 is 22.7 Å². The number of aromatic nitrogens is 2. The van der Waals surface area contributed by atoms with Gasteiger partial charge in [0.2, 0.25) is 5.91 Å². The Morgan fingerprint density at radius 1 is 1.46 bits per heavy atom. The molecule has 1 amide bonds. The van der Waals surface area contributed by atoms with Crippen molar-refractivity contribution in [2.24, 2.45) is 0 Å². The molecule has 124 valence electrons. The maximum absolute atomic E-state index is 12.7. The summed E-state index contributed by atoms with van der Waals surface area (Å²) in [5.74, 6) is 0.893. The lowest BCUT2D eigenvalue weighted by Gasteiger charge is -2.22. The molecule has 1 fully saturated rings. The third kappa shape index (κ3) is 3.01. The van der Waals surface area contributed by atoms with Crippen molar-refractivity contribution in [1.29, 1.82) is 0 Å². The van der Waals surface area contributed by atoms with Crippen LogP contribution in [-0.4, -0.2) is 27.5 Å². The van der Waals surface area contributed by atoms with E-state index < -0.39 is 0 Å². The van der Waals surface area contributed by atoms with Crippen molar-refractivity contribution in [2.75, 3.05) is 6.54 Å². The lowest BCUT2D eigenvalue weighted by molar-refractivity contribution is -0.131. The molecule has 7 heteroatoms. The van der Waals surface area contributed by atoms with Crippen molar-refractivity contribution < 1.29 is 9.32 Å². The zero-order chi connectivity index (χ0) is 16.5. The molecule has 1 atom stereocenters. The fourth-order valence-corrected chi connectivity index (χ4v) is 4.60. The SMILES string of the molecule is Cc1cc([C@@H]2CCCN2C(=O)Cc2csc(-c3ccsc3)n2)on1. The van der Waals surface area contributed by atoms with Crippen LogP contribution in [0.3, 0.4) is 0 Å². The average Bonchev–Trinajstić information content (AvgIpc) is 3.34. The Kier molecular flexibility index (Phi) is 4.20. The fraction of sp³-hybridized carbons (Fsp3) is 0.353. The van der Waals surface area contributed by atoms with E-state index in [9.17, 15) is 4.79 Å². The topological polar surface area (TPSA) is 59.2 Å². The first-order valence-electron chi connectivity index (χ1n) is 7.90. The van der Waals surface area contributed by atoms with Crippen molar-refractivity contribution in [3.8, 4) is 10.6 Å². The first-order chi connectivity index (χ1) is 11.7. The second-order valence-corrected chi connectivity index (χ2v) is 7.59. The number of carbonyl (C=O) groups is 1. The van der Waals surface area contributed by atoms with Crippen LogP contribution in [-0.2, 0) is 11.2 Å². The standard InChI is InChI=1S/C17H17N3O2S2/c1-11-7-15(22-19-11)14-3-2-5-20(14)16(21)8-13-10-24-17(18-13)12-4-6-23-9-12/h4,6-7,9-10,14H,2-3,5,8H2,1H3/t14-/m0/s1. The van der Waals surface area contributed by atoms with Gasteiger partial charge in [-0.3, -0.25) is 4.79 Å². The van der Waals surface area contributed by atoms with E-state index in [0.29, 0.717) is 6.42 Å². The summed E-state index contributed by atoms with van der Waals surface area (Å²) in [4.78, 5) is 19.2. The van der Waals surface area contributed by atoms with Crippen LogP contribution in [0.15, 0.2) is 32.8 Å². The second kappa shape index (κ2) is 6.49. The molecular formula is C17H17N3O2S2. The normalized spacial score (nSPS) is 17.5. The van der Waals surface area contributed by atoms with E-state index in [1.807, 2.05) is 28.7 Å². The molecule has 1 aliphatic rings. The van der Waals surface area contributed by atoms with Crippen molar-refractivity contribution in [3.05, 3.63) is 45.4 Å². The van der Waals surface area contributed by atoms with Crippen molar-refractivity contribution in [1.82, 2.24) is 15.0 Å². The summed E-state index contributed by atoms with van der Waals surface area (Å²) in [6, 6.07) is 3.99. The van der Waals surface area contributed by atoms with E-state index in [1.54, 1.807) is 22.7 Å². The molecule has 4 rings (SSSR count). The first-order valence-corrected chi connectivity index (χ1v) is 9.72. The van der Waals surface area contributed by atoms with E-state index >= 15 is 0 Å². The summed E-state index contributed by atoms with van der Waals surface area (Å²) < 4.78 is 5.38. The minimum Gasteiger partial charge on any atom is -0.359 e. The molecule has 1 aliphatic heterocycles. The van der Waals surface area contributed by atoms with Crippen LogP contribution in [0.5, 0.6) is 0 Å². The molecular weight excluding hydrogens is 342 g/mol. The van der Waals surface area contributed by atoms with E-state index in [4.69, 9.17) is 4.52 Å². The van der Waals surface area contributed by atoms with Gasteiger partial charge in [-0.05, 0) is 31.2 Å². The van der Waals surface area contributed by atoms with E-state index in [1.165, 1.54) is 0 Å². The number of amides is 1. The molecule has 0 N–H and O–H groups in total. The number of thiazole rings is 1. The highest BCUT2D eigenvalue weighted by Gasteiger charge is 2.32. The van der Waals surface area contributed by atoms with Gasteiger partial charge in [-0.25, -0.2) is 4.98 Å². The van der Waals surface area contributed by atoms with Gasteiger partial charge in [-0.2, -0.15) is 11.3 Å². The Balaban J connectivity index is 1.47. The molecule has 0 unspecified atom stereocenters. The van der Waals surface area contributed by atoms with Gasteiger partial charge in [-0.1, -0.05) is 5.16 Å². The van der Waals surface area contributed by atoms with Crippen LogP contribution in [0.4, 0.5) is 0 Å². The van der Waals surface area contributed by atoms with E-state index in [0.717, 1.165) is 47.1 Å². The summed E-state index contributed by atoms with van der Waals surface area (Å²) in [6.07, 6.45) is 2.26. The molecule has 5 nitrogen and oxygen atoms in total. The van der Waals surface area contributed by atoms with Crippen LogP contribution in [0.25, 0.3) is 10.6 Å². The molecule has 0 radical (unpaired) electrons. The van der Waals surface area contributed by atoms with Gasteiger partial charge in [0, 0.05) is 28.9 Å². The summed E-state index contributed by atoms with van der Waals surface area (Å²) in [6.45, 7) is 2.67. The highest BCUT2D eigenvalue weighted by atomic mass is 32.1. The van der Waals surface area contributed by atoms with Crippen molar-refractivity contribution >= 4 is 28.6 Å². The molecule has 3 aromatic heterocycles. The minimum atomic E-state index is 0.00804. The predicted molar refractivity (Wildman–Crippen MR) is 94.1 cm³/mol. The Bertz CT molecular complexity index is 838. The number of aryl methyl sites for hydroxylation is 1. The van der Waals surface area contributed by atoms with Gasteiger partial charge in [0.1, 0.15) is 5.01 Å². The molecule has 0 bridgehead atoms. The number of likely N-dealkylation sites (tertiary alicyclic amines) is 1. The van der Waals surface area contributed by atoms with Crippen molar-refractivity contribution in [3.63, 3.8) is 0 Å². The van der Waals surface area contributed by atoms with Gasteiger partial charge in [0.15, 0.2) is 5.76 Å². The molecule has 0 aliphatic carbocycles. The molecule has 4 heterocycles. The summed E-state index contributed by atoms with van der Waals surface area (Å²) in [5.41, 5.74) is 2.81. The summed E-state index contributed by atoms with van der Waals surface area (Å²) in [5, 5.41) is 11.0. The zero-order valence-corrected chi connectivity index (χ0v) is 14.9. The Morgan fingerprint density at radius 2 is 2.38 bits per heavy atom. The molecule has 0 spiro atoms. The zero-order valence-electron chi connectivity index (χ0n) is 13.3. The Labute approximate surface area is 147 Å². The molecule has 1 saturated heterocycles. The van der Waals surface area contributed by atoms with Crippen LogP contribution < -0.4 is 0 Å². The monoisotopic (exact) mass is 359 g/mol. The van der Waals surface area contributed by atoms with Crippen LogP contribution in [0, 0.1) is 6.92 Å². The third-order valence-electron chi connectivity index (χ3n) is 4.20. The summed E-state index contributed by atoms with van der Waals surface area (Å²) >= 11 is 3.24. The molecule has 0 aromatic carbocycles. The number of nitrogens with zero attached hydrogens (tertiary/aromatic N) is 3. The number of thiophene rings is 1. The van der Waals surface area contributed by atoms with Gasteiger partial charge in [-0.15, -0.1) is 11.3 Å². The molecule has 24 heavy (non-hydrogen) atoms. The Hall–Kier alpha value is -1.99. The van der Waals surface area contributed by atoms with Crippen LogP contribution in [0.1, 0.15) is 36.0 Å². The third-order valence-corrected chi connectivity index (χ3v) is 5.82. The smallest absolute Gasteiger partial charge is 0.229 e. The van der Waals surface area contributed by atoms with Crippen molar-refractivity contribution in [2.45, 2.75) is 32.2 Å². The maximum atomic E-state index is 12.7. The molecule has 0 saturated carbocycles. The van der Waals surface area contributed by atoms with Gasteiger partial charge in [0.05, 0.1) is 23.9 Å². The number of hydrogen-bond acceptors (Lipinski definition) is 6. The lowest BCUT2D eigenvalue weighted by atomic mass is 10.1. The van der Waals surface area contributed by atoms with Gasteiger partial charge in [0.25, 0.3) is 0 Å². The number of rotatable bonds is 4. The minimum absolute atomic E-state index is 0.00804. The van der Waals surface area contributed by atoms with Crippen LogP contribution in [0.2, 0.25) is 0 Å². The highest BCUT2D eigenvalue weighted by Crippen LogP contribution is 2.33. The lowest BCUT2D eigenvalue weighted by Crippen LogP contribution is -2.31. The van der Waals surface area contributed by atoms with E-state index in [-0.39, 0.29) is 11.9 Å². The quantitative estimate of drug-likeness (QED) is 0.704. The fourth-order valence-electron chi connectivity index (χ4n) is 3.06. The van der Waals surface area contributed by atoms with Gasteiger partial charge < -0.3 is 9.42 Å². The summed E-state index contributed by atoms with van der Waals surface area (Å²) in [7, 11) is 0. The van der Waals surface area contributed by atoms with Gasteiger partial charge >= 0.3 is 0 Å². The number of carbonyl (C=O) groups excluding carboxylic acids is 1. The first kappa shape index (κ1) is 15.5. The highest BCUT2D eigenvalue weighted by molar-refractivity contribution is 7.14. The Morgan fingerprint density at radius 3 is 3.12 bits per heavy atom. The molecule has 3 aromatic rings. The largest absolute Gasteiger partial charge is 0.359 e.